The maximum atomic E-state index is 11.9. The second kappa shape index (κ2) is 4.97. The van der Waals surface area contributed by atoms with E-state index in [4.69, 9.17) is 4.74 Å². The van der Waals surface area contributed by atoms with Crippen molar-refractivity contribution in [3.8, 4) is 5.75 Å². The Balaban J connectivity index is 2.14. The van der Waals surface area contributed by atoms with Crippen molar-refractivity contribution in [2.24, 2.45) is 0 Å². The summed E-state index contributed by atoms with van der Waals surface area (Å²) in [5, 5.41) is 3.35. The number of hydrogen-bond acceptors (Lipinski definition) is 4. The third-order valence-corrected chi connectivity index (χ3v) is 3.00. The lowest BCUT2D eigenvalue weighted by Gasteiger charge is -2.03. The minimum absolute atomic E-state index is 0.182. The number of carbonyl (C=O) groups excluding carboxylic acids is 1. The molecular weight excluding hydrogens is 236 g/mol. The molecule has 4 nitrogen and oxygen atoms in total. The van der Waals surface area contributed by atoms with Gasteiger partial charge in [-0.2, -0.15) is 0 Å². The minimum atomic E-state index is -0.182. The van der Waals surface area contributed by atoms with Gasteiger partial charge in [0.2, 0.25) is 0 Å². The summed E-state index contributed by atoms with van der Waals surface area (Å²) < 4.78 is 5.07. The summed E-state index contributed by atoms with van der Waals surface area (Å²) in [7, 11) is 1.57. The highest BCUT2D eigenvalue weighted by molar-refractivity contribution is 7.15. The fourth-order valence-electron chi connectivity index (χ4n) is 1.35. The molecule has 0 spiro atoms. The average molecular weight is 248 g/mol. The zero-order valence-corrected chi connectivity index (χ0v) is 10.4. The van der Waals surface area contributed by atoms with Gasteiger partial charge in [0.05, 0.1) is 7.11 Å². The number of benzene rings is 1. The minimum Gasteiger partial charge on any atom is -0.497 e. The van der Waals surface area contributed by atoms with Gasteiger partial charge in [-0.05, 0) is 25.1 Å². The number of rotatable bonds is 3. The van der Waals surface area contributed by atoms with E-state index in [9.17, 15) is 4.79 Å². The quantitative estimate of drug-likeness (QED) is 0.908. The van der Waals surface area contributed by atoms with Gasteiger partial charge in [0, 0.05) is 16.6 Å². The second-order valence-corrected chi connectivity index (χ2v) is 4.70. The van der Waals surface area contributed by atoms with Gasteiger partial charge in [0.1, 0.15) is 5.75 Å². The molecular formula is C12H12N2O2S. The molecule has 88 valence electrons. The van der Waals surface area contributed by atoms with Crippen molar-refractivity contribution in [2.45, 2.75) is 6.92 Å². The van der Waals surface area contributed by atoms with Crippen molar-refractivity contribution in [1.82, 2.24) is 4.98 Å². The normalized spacial score (nSPS) is 10.0. The standard InChI is InChI=1S/C12H12N2O2S/c1-8-7-13-12(17-8)14-11(15)9-4-3-5-10(6-9)16-2/h3-7H,1-2H3,(H,13,14,15). The average Bonchev–Trinajstić information content (AvgIpc) is 2.75. The van der Waals surface area contributed by atoms with Crippen LogP contribution in [0.15, 0.2) is 30.5 Å². The Morgan fingerprint density at radius 2 is 2.29 bits per heavy atom. The number of aryl methyl sites for hydroxylation is 1. The maximum Gasteiger partial charge on any atom is 0.257 e. The fourth-order valence-corrected chi connectivity index (χ4v) is 2.01. The molecule has 0 bridgehead atoms. The van der Waals surface area contributed by atoms with Crippen LogP contribution in [0.5, 0.6) is 5.75 Å². The largest absolute Gasteiger partial charge is 0.497 e. The number of ether oxygens (including phenoxy) is 1. The molecule has 1 heterocycles. The van der Waals surface area contributed by atoms with Gasteiger partial charge in [-0.15, -0.1) is 11.3 Å². The fraction of sp³-hybridized carbons (Fsp3) is 0.167. The third-order valence-electron chi connectivity index (χ3n) is 2.17. The number of methoxy groups -OCH3 is 1. The molecule has 0 atom stereocenters. The van der Waals surface area contributed by atoms with Crippen molar-refractivity contribution >= 4 is 22.4 Å². The molecule has 1 aromatic heterocycles. The monoisotopic (exact) mass is 248 g/mol. The molecule has 2 aromatic rings. The van der Waals surface area contributed by atoms with Crippen LogP contribution in [0.3, 0.4) is 0 Å². The topological polar surface area (TPSA) is 51.2 Å². The van der Waals surface area contributed by atoms with E-state index >= 15 is 0 Å². The Morgan fingerprint density at radius 3 is 2.94 bits per heavy atom. The third kappa shape index (κ3) is 2.82. The lowest BCUT2D eigenvalue weighted by atomic mass is 10.2. The molecule has 0 aliphatic rings. The first-order chi connectivity index (χ1) is 8.19. The van der Waals surface area contributed by atoms with Gasteiger partial charge in [0.25, 0.3) is 5.91 Å². The predicted octanol–water partition coefficient (Wildman–Crippen LogP) is 2.71. The number of nitrogens with one attached hydrogen (secondary N) is 1. The zero-order chi connectivity index (χ0) is 12.3. The van der Waals surface area contributed by atoms with E-state index in [2.05, 4.69) is 10.3 Å². The summed E-state index contributed by atoms with van der Waals surface area (Å²) in [6, 6.07) is 7.00. The molecule has 1 amide bonds. The van der Waals surface area contributed by atoms with Crippen molar-refractivity contribution in [1.29, 1.82) is 0 Å². The highest BCUT2D eigenvalue weighted by Gasteiger charge is 2.08. The summed E-state index contributed by atoms with van der Waals surface area (Å²) in [6.45, 7) is 1.94. The van der Waals surface area contributed by atoms with E-state index in [1.165, 1.54) is 11.3 Å². The Labute approximate surface area is 103 Å². The molecule has 1 N–H and O–H groups in total. The van der Waals surface area contributed by atoms with E-state index in [-0.39, 0.29) is 5.91 Å². The summed E-state index contributed by atoms with van der Waals surface area (Å²) >= 11 is 1.45. The van der Waals surface area contributed by atoms with Crippen LogP contribution in [0.1, 0.15) is 15.2 Å². The van der Waals surface area contributed by atoms with Crippen LogP contribution < -0.4 is 10.1 Å². The maximum absolute atomic E-state index is 11.9. The van der Waals surface area contributed by atoms with Crippen molar-refractivity contribution < 1.29 is 9.53 Å². The molecule has 1 aromatic carbocycles. The zero-order valence-electron chi connectivity index (χ0n) is 9.56. The number of carbonyl (C=O) groups is 1. The first-order valence-electron chi connectivity index (χ1n) is 5.07. The van der Waals surface area contributed by atoms with E-state index in [0.29, 0.717) is 16.4 Å². The van der Waals surface area contributed by atoms with Crippen LogP contribution in [-0.2, 0) is 0 Å². The first-order valence-corrected chi connectivity index (χ1v) is 5.88. The second-order valence-electron chi connectivity index (χ2n) is 3.46. The molecule has 0 fully saturated rings. The van der Waals surface area contributed by atoms with E-state index < -0.39 is 0 Å². The summed E-state index contributed by atoms with van der Waals surface area (Å²) in [5.41, 5.74) is 0.553. The Morgan fingerprint density at radius 1 is 1.47 bits per heavy atom. The lowest BCUT2D eigenvalue weighted by molar-refractivity contribution is 0.102. The Bertz CT molecular complexity index is 537. The molecule has 5 heteroatoms. The van der Waals surface area contributed by atoms with Crippen molar-refractivity contribution in [2.75, 3.05) is 12.4 Å². The molecule has 0 aliphatic heterocycles. The highest BCUT2D eigenvalue weighted by Crippen LogP contribution is 2.18. The predicted molar refractivity (Wildman–Crippen MR) is 67.8 cm³/mol. The van der Waals surface area contributed by atoms with Gasteiger partial charge in [-0.25, -0.2) is 4.98 Å². The van der Waals surface area contributed by atoms with Crippen LogP contribution in [0, 0.1) is 6.92 Å². The van der Waals surface area contributed by atoms with Gasteiger partial charge < -0.3 is 4.74 Å². The van der Waals surface area contributed by atoms with E-state index in [1.807, 2.05) is 6.92 Å². The summed E-state index contributed by atoms with van der Waals surface area (Å²) in [4.78, 5) is 17.0. The first kappa shape index (κ1) is 11.6. The molecule has 0 saturated carbocycles. The van der Waals surface area contributed by atoms with E-state index in [1.54, 1.807) is 37.6 Å². The summed E-state index contributed by atoms with van der Waals surface area (Å²) in [6.07, 6.45) is 1.73. The van der Waals surface area contributed by atoms with Crippen molar-refractivity contribution in [3.05, 3.63) is 40.9 Å². The van der Waals surface area contributed by atoms with Crippen LogP contribution in [0.4, 0.5) is 5.13 Å². The van der Waals surface area contributed by atoms with Gasteiger partial charge in [-0.1, -0.05) is 6.07 Å². The number of aromatic nitrogens is 1. The number of thiazole rings is 1. The smallest absolute Gasteiger partial charge is 0.257 e. The Kier molecular flexibility index (Phi) is 3.39. The number of anilines is 1. The molecule has 17 heavy (non-hydrogen) atoms. The van der Waals surface area contributed by atoms with Crippen LogP contribution in [0.25, 0.3) is 0 Å². The number of hydrogen-bond donors (Lipinski definition) is 1. The van der Waals surface area contributed by atoms with Gasteiger partial charge >= 0.3 is 0 Å². The van der Waals surface area contributed by atoms with Gasteiger partial charge in [-0.3, -0.25) is 10.1 Å². The molecule has 0 radical (unpaired) electrons. The summed E-state index contributed by atoms with van der Waals surface area (Å²) in [5.74, 6) is 0.478. The molecule has 2 rings (SSSR count). The van der Waals surface area contributed by atoms with Crippen LogP contribution in [0.2, 0.25) is 0 Å². The Hall–Kier alpha value is -1.88. The lowest BCUT2D eigenvalue weighted by Crippen LogP contribution is -2.11. The van der Waals surface area contributed by atoms with Crippen molar-refractivity contribution in [3.63, 3.8) is 0 Å². The van der Waals surface area contributed by atoms with E-state index in [0.717, 1.165) is 4.88 Å². The van der Waals surface area contributed by atoms with Crippen LogP contribution >= 0.6 is 11.3 Å². The molecule has 0 aliphatic carbocycles. The van der Waals surface area contributed by atoms with Gasteiger partial charge in [0.15, 0.2) is 5.13 Å². The SMILES string of the molecule is COc1cccc(C(=O)Nc2ncc(C)s2)c1. The van der Waals surface area contributed by atoms with Crippen LogP contribution in [-0.4, -0.2) is 18.0 Å². The molecule has 0 saturated heterocycles. The highest BCUT2D eigenvalue weighted by atomic mass is 32.1. The number of amides is 1. The molecule has 0 unspecified atom stereocenters. The number of nitrogens with zero attached hydrogens (tertiary/aromatic N) is 1.